The minimum absolute atomic E-state index is 0.0944. The minimum Gasteiger partial charge on any atom is -0.383 e. The number of aromatic nitrogens is 1. The Hall–Kier alpha value is -0.980. The van der Waals surface area contributed by atoms with Gasteiger partial charge in [0.15, 0.2) is 0 Å². The Morgan fingerprint density at radius 3 is 3.12 bits per heavy atom. The number of rotatable bonds is 6. The van der Waals surface area contributed by atoms with Gasteiger partial charge in [0.05, 0.1) is 23.3 Å². The van der Waals surface area contributed by atoms with Crippen LogP contribution < -0.4 is 10.6 Å². The number of pyridine rings is 1. The van der Waals surface area contributed by atoms with Crippen LogP contribution in [0.5, 0.6) is 0 Å². The Morgan fingerprint density at radius 2 is 2.44 bits per heavy atom. The second-order valence-electron chi connectivity index (χ2n) is 3.07. The van der Waals surface area contributed by atoms with Crippen LogP contribution in [0.3, 0.4) is 0 Å². The van der Waals surface area contributed by atoms with Crippen molar-refractivity contribution in [3.8, 4) is 0 Å². The molecule has 0 spiro atoms. The number of carbonyl (C=O) groups is 1. The zero-order valence-corrected chi connectivity index (χ0v) is 10.6. The number of ether oxygens (including phenoxy) is 1. The van der Waals surface area contributed by atoms with Crippen LogP contribution >= 0.6 is 15.9 Å². The molecule has 16 heavy (non-hydrogen) atoms. The summed E-state index contributed by atoms with van der Waals surface area (Å²) in [6, 6.07) is 1.73. The first-order chi connectivity index (χ1) is 7.74. The first-order valence-corrected chi connectivity index (χ1v) is 5.62. The molecule has 1 aromatic rings. The number of anilines is 1. The summed E-state index contributed by atoms with van der Waals surface area (Å²) < 4.78 is 5.62. The molecule has 0 saturated heterocycles. The molecular formula is C10H14BrN3O2. The lowest BCUT2D eigenvalue weighted by molar-refractivity contribution is -0.115. The van der Waals surface area contributed by atoms with Gasteiger partial charge in [-0.15, -0.1) is 0 Å². The molecule has 1 rings (SSSR count). The molecule has 1 heterocycles. The predicted molar refractivity (Wildman–Crippen MR) is 65.3 cm³/mol. The molecule has 0 bridgehead atoms. The van der Waals surface area contributed by atoms with Crippen molar-refractivity contribution in [3.63, 3.8) is 0 Å². The lowest BCUT2D eigenvalue weighted by atomic mass is 10.4. The summed E-state index contributed by atoms with van der Waals surface area (Å²) in [7, 11) is 1.62. The number of carbonyl (C=O) groups excluding carboxylic acids is 1. The fraction of sp³-hybridized carbons (Fsp3) is 0.400. The smallest absolute Gasteiger partial charge is 0.238 e. The zero-order chi connectivity index (χ0) is 11.8. The fourth-order valence-corrected chi connectivity index (χ4v) is 1.40. The maximum atomic E-state index is 11.5. The third-order valence-corrected chi connectivity index (χ3v) is 2.45. The lowest BCUT2D eigenvalue weighted by Crippen LogP contribution is -2.30. The summed E-state index contributed by atoms with van der Waals surface area (Å²) in [6.07, 6.45) is 3.26. The van der Waals surface area contributed by atoms with Gasteiger partial charge in [0.1, 0.15) is 0 Å². The maximum Gasteiger partial charge on any atom is 0.238 e. The third kappa shape index (κ3) is 4.69. The van der Waals surface area contributed by atoms with E-state index in [9.17, 15) is 4.79 Å². The first-order valence-electron chi connectivity index (χ1n) is 4.83. The van der Waals surface area contributed by atoms with Crippen LogP contribution in [0.1, 0.15) is 0 Å². The quantitative estimate of drug-likeness (QED) is 0.767. The van der Waals surface area contributed by atoms with E-state index in [1.165, 1.54) is 0 Å². The first kappa shape index (κ1) is 13.1. The molecule has 0 unspecified atom stereocenters. The van der Waals surface area contributed by atoms with Crippen LogP contribution in [0.25, 0.3) is 0 Å². The molecule has 0 aliphatic carbocycles. The number of hydrogen-bond donors (Lipinski definition) is 2. The van der Waals surface area contributed by atoms with Gasteiger partial charge in [-0.2, -0.15) is 0 Å². The van der Waals surface area contributed by atoms with E-state index in [0.29, 0.717) is 18.8 Å². The Balaban J connectivity index is 2.32. The summed E-state index contributed by atoms with van der Waals surface area (Å²) in [4.78, 5) is 15.4. The van der Waals surface area contributed by atoms with Crippen molar-refractivity contribution in [1.29, 1.82) is 0 Å². The van der Waals surface area contributed by atoms with E-state index in [-0.39, 0.29) is 12.5 Å². The molecule has 0 atom stereocenters. The van der Waals surface area contributed by atoms with Crippen molar-refractivity contribution in [2.24, 2.45) is 0 Å². The monoisotopic (exact) mass is 287 g/mol. The zero-order valence-electron chi connectivity index (χ0n) is 9.00. The highest BCUT2D eigenvalue weighted by Gasteiger charge is 2.04. The largest absolute Gasteiger partial charge is 0.383 e. The van der Waals surface area contributed by atoms with Gasteiger partial charge in [0.25, 0.3) is 0 Å². The molecule has 6 heteroatoms. The topological polar surface area (TPSA) is 63.2 Å². The van der Waals surface area contributed by atoms with Gasteiger partial charge in [0.2, 0.25) is 5.91 Å². The number of nitrogens with zero attached hydrogens (tertiary/aromatic N) is 1. The molecule has 5 nitrogen and oxygen atoms in total. The highest BCUT2D eigenvalue weighted by atomic mass is 79.9. The summed E-state index contributed by atoms with van der Waals surface area (Å²) >= 11 is 3.30. The van der Waals surface area contributed by atoms with Gasteiger partial charge < -0.3 is 15.4 Å². The van der Waals surface area contributed by atoms with E-state index in [2.05, 4.69) is 31.5 Å². The molecule has 88 valence electrons. The fourth-order valence-electron chi connectivity index (χ4n) is 1.05. The summed E-state index contributed by atoms with van der Waals surface area (Å²) in [6.45, 7) is 1.51. The molecule has 1 amide bonds. The average Bonchev–Trinajstić information content (AvgIpc) is 2.28. The van der Waals surface area contributed by atoms with Crippen LogP contribution in [0.15, 0.2) is 22.9 Å². The van der Waals surface area contributed by atoms with Crippen LogP contribution in [-0.2, 0) is 9.53 Å². The minimum atomic E-state index is -0.0944. The molecule has 2 N–H and O–H groups in total. The SMILES string of the molecule is COCCNCC(=O)Nc1ccncc1Br. The second kappa shape index (κ2) is 7.32. The van der Waals surface area contributed by atoms with Crippen LogP contribution in [-0.4, -0.2) is 37.7 Å². The molecular weight excluding hydrogens is 274 g/mol. The van der Waals surface area contributed by atoms with Gasteiger partial charge in [-0.25, -0.2) is 0 Å². The third-order valence-electron chi connectivity index (χ3n) is 1.82. The molecule has 0 aromatic carbocycles. The van der Waals surface area contributed by atoms with E-state index in [1.807, 2.05) is 0 Å². The summed E-state index contributed by atoms with van der Waals surface area (Å²) in [5.74, 6) is -0.0944. The van der Waals surface area contributed by atoms with Crippen molar-refractivity contribution < 1.29 is 9.53 Å². The van der Waals surface area contributed by atoms with Gasteiger partial charge in [-0.3, -0.25) is 9.78 Å². The number of halogens is 1. The number of nitrogens with one attached hydrogen (secondary N) is 2. The van der Waals surface area contributed by atoms with Gasteiger partial charge >= 0.3 is 0 Å². The number of amides is 1. The molecule has 0 fully saturated rings. The molecule has 0 radical (unpaired) electrons. The number of hydrogen-bond acceptors (Lipinski definition) is 4. The van der Waals surface area contributed by atoms with Crippen LogP contribution in [0.2, 0.25) is 0 Å². The van der Waals surface area contributed by atoms with Crippen molar-refractivity contribution in [2.45, 2.75) is 0 Å². The Bertz CT molecular complexity index is 347. The molecule has 0 aliphatic rings. The highest BCUT2D eigenvalue weighted by Crippen LogP contribution is 2.19. The van der Waals surface area contributed by atoms with Gasteiger partial charge in [-0.05, 0) is 22.0 Å². The van der Waals surface area contributed by atoms with Crippen molar-refractivity contribution in [1.82, 2.24) is 10.3 Å². The Labute approximate surface area is 103 Å². The van der Waals surface area contributed by atoms with E-state index in [1.54, 1.807) is 25.6 Å². The lowest BCUT2D eigenvalue weighted by Gasteiger charge is -2.07. The predicted octanol–water partition coefficient (Wildman–Crippen LogP) is 1.02. The Morgan fingerprint density at radius 1 is 1.62 bits per heavy atom. The standard InChI is InChI=1S/C10H14BrN3O2/c1-16-5-4-13-7-10(15)14-9-2-3-12-6-8(9)11/h2-3,6,13H,4-5,7H2,1H3,(H,12,14,15). The van der Waals surface area contributed by atoms with E-state index >= 15 is 0 Å². The Kier molecular flexibility index (Phi) is 5.99. The van der Waals surface area contributed by atoms with Gasteiger partial charge in [0, 0.05) is 26.0 Å². The summed E-state index contributed by atoms with van der Waals surface area (Å²) in [5.41, 5.74) is 0.716. The second-order valence-corrected chi connectivity index (χ2v) is 3.93. The van der Waals surface area contributed by atoms with E-state index in [4.69, 9.17) is 4.74 Å². The van der Waals surface area contributed by atoms with Gasteiger partial charge in [-0.1, -0.05) is 0 Å². The van der Waals surface area contributed by atoms with Crippen LogP contribution in [0.4, 0.5) is 5.69 Å². The molecule has 0 saturated carbocycles. The highest BCUT2D eigenvalue weighted by molar-refractivity contribution is 9.10. The molecule has 0 aliphatic heterocycles. The van der Waals surface area contributed by atoms with Crippen molar-refractivity contribution in [3.05, 3.63) is 22.9 Å². The van der Waals surface area contributed by atoms with E-state index < -0.39 is 0 Å². The van der Waals surface area contributed by atoms with Crippen LogP contribution in [0, 0.1) is 0 Å². The van der Waals surface area contributed by atoms with E-state index in [0.717, 1.165) is 4.47 Å². The molecule has 1 aromatic heterocycles. The number of methoxy groups -OCH3 is 1. The summed E-state index contributed by atoms with van der Waals surface area (Å²) in [5, 5.41) is 5.72. The maximum absolute atomic E-state index is 11.5. The normalized spacial score (nSPS) is 10.1. The van der Waals surface area contributed by atoms with Crippen molar-refractivity contribution in [2.75, 3.05) is 32.1 Å². The average molecular weight is 288 g/mol. The van der Waals surface area contributed by atoms with Crippen molar-refractivity contribution >= 4 is 27.5 Å².